The van der Waals surface area contributed by atoms with E-state index in [1.807, 2.05) is 11.8 Å². The quantitative estimate of drug-likeness (QED) is 0.677. The molecule has 9 heteroatoms. The van der Waals surface area contributed by atoms with Crippen molar-refractivity contribution in [3.8, 4) is 16.9 Å². The maximum absolute atomic E-state index is 15.4. The van der Waals surface area contributed by atoms with Crippen LogP contribution in [-0.4, -0.2) is 52.1 Å². The van der Waals surface area contributed by atoms with Gasteiger partial charge in [-0.05, 0) is 18.2 Å². The van der Waals surface area contributed by atoms with Crippen molar-refractivity contribution in [2.45, 2.75) is 13.3 Å². The molecule has 1 fully saturated rings. The molecule has 156 valence electrons. The predicted octanol–water partition coefficient (Wildman–Crippen LogP) is 3.99. The number of piperazine rings is 1. The minimum Gasteiger partial charge on any atom is -0.507 e. The number of anilines is 1. The van der Waals surface area contributed by atoms with E-state index in [0.29, 0.717) is 43.8 Å². The number of hydrogen-bond acceptors (Lipinski definition) is 5. The number of phenols is 1. The van der Waals surface area contributed by atoms with Crippen molar-refractivity contribution >= 4 is 34.2 Å². The minimum absolute atomic E-state index is 0.0193. The Bertz CT molecular complexity index is 1110. The molecule has 0 saturated carbocycles. The smallest absolute Gasteiger partial charge is 0.222 e. The summed E-state index contributed by atoms with van der Waals surface area (Å²) in [5, 5.41) is 10.4. The summed E-state index contributed by atoms with van der Waals surface area (Å²) in [4.78, 5) is 24.0. The predicted molar refractivity (Wildman–Crippen MR) is 111 cm³/mol. The maximum atomic E-state index is 15.4. The van der Waals surface area contributed by atoms with Crippen LogP contribution in [-0.2, 0) is 4.79 Å². The van der Waals surface area contributed by atoms with Gasteiger partial charge in [-0.1, -0.05) is 24.6 Å². The van der Waals surface area contributed by atoms with E-state index < -0.39 is 17.4 Å². The highest BCUT2D eigenvalue weighted by Crippen LogP contribution is 2.42. The fraction of sp³-hybridized carbons (Fsp3) is 0.286. The number of carbonyl (C=O) groups is 1. The van der Waals surface area contributed by atoms with Gasteiger partial charge in [0.2, 0.25) is 5.91 Å². The van der Waals surface area contributed by atoms with Crippen LogP contribution in [0.2, 0.25) is 5.02 Å². The number of aromatic nitrogens is 2. The van der Waals surface area contributed by atoms with Gasteiger partial charge in [0.1, 0.15) is 29.2 Å². The van der Waals surface area contributed by atoms with E-state index in [1.165, 1.54) is 24.5 Å². The van der Waals surface area contributed by atoms with E-state index in [1.54, 1.807) is 4.90 Å². The third-order valence-corrected chi connectivity index (χ3v) is 5.57. The number of hydrogen-bond donors (Lipinski definition) is 1. The standard InChI is InChI=1S/C21H19ClF2N4O2/c1-2-16(30)27-6-8-28(9-7-27)21-12-10-13(22)17(19(24)20(12)25-11-26-21)18-14(23)4-3-5-15(18)29/h3-5,10-11,29H,2,6-9H2,1H3. The van der Waals surface area contributed by atoms with E-state index in [-0.39, 0.29) is 27.6 Å². The van der Waals surface area contributed by atoms with Gasteiger partial charge >= 0.3 is 0 Å². The summed E-state index contributed by atoms with van der Waals surface area (Å²) in [7, 11) is 0. The Kier molecular flexibility index (Phi) is 5.42. The van der Waals surface area contributed by atoms with Gasteiger partial charge in [0.05, 0.1) is 10.6 Å². The van der Waals surface area contributed by atoms with Crippen LogP contribution >= 0.6 is 11.6 Å². The van der Waals surface area contributed by atoms with Crippen molar-refractivity contribution in [2.75, 3.05) is 31.1 Å². The summed E-state index contributed by atoms with van der Waals surface area (Å²) in [6.07, 6.45) is 1.69. The number of phenolic OH excluding ortho intramolecular Hbond substituents is 1. The molecule has 3 aromatic rings. The molecule has 1 amide bonds. The Balaban J connectivity index is 1.78. The van der Waals surface area contributed by atoms with Gasteiger partial charge in [-0.2, -0.15) is 0 Å². The first-order valence-corrected chi connectivity index (χ1v) is 9.93. The average Bonchev–Trinajstić information content (AvgIpc) is 2.75. The van der Waals surface area contributed by atoms with E-state index in [0.717, 1.165) is 6.07 Å². The topological polar surface area (TPSA) is 69.6 Å². The number of halogens is 3. The van der Waals surface area contributed by atoms with Gasteiger partial charge in [0.15, 0.2) is 5.82 Å². The van der Waals surface area contributed by atoms with Gasteiger partial charge in [0.25, 0.3) is 0 Å². The fourth-order valence-corrected chi connectivity index (χ4v) is 4.04. The molecule has 4 rings (SSSR count). The summed E-state index contributed by atoms with van der Waals surface area (Å²) in [6.45, 7) is 3.97. The largest absolute Gasteiger partial charge is 0.507 e. The molecule has 6 nitrogen and oxygen atoms in total. The Hall–Kier alpha value is -3.00. The van der Waals surface area contributed by atoms with Crippen molar-refractivity contribution in [3.63, 3.8) is 0 Å². The molecule has 1 saturated heterocycles. The Morgan fingerprint density at radius 2 is 1.90 bits per heavy atom. The maximum Gasteiger partial charge on any atom is 0.222 e. The van der Waals surface area contributed by atoms with Crippen LogP contribution < -0.4 is 4.90 Å². The second kappa shape index (κ2) is 8.02. The normalized spacial score (nSPS) is 14.4. The summed E-state index contributed by atoms with van der Waals surface area (Å²) in [5.41, 5.74) is -0.578. The number of carbonyl (C=O) groups excluding carboxylic acids is 1. The molecule has 1 aliphatic rings. The van der Waals surface area contributed by atoms with Gasteiger partial charge in [0, 0.05) is 43.5 Å². The lowest BCUT2D eigenvalue weighted by Gasteiger charge is -2.35. The molecule has 1 aliphatic heterocycles. The molecule has 2 heterocycles. The highest BCUT2D eigenvalue weighted by atomic mass is 35.5. The van der Waals surface area contributed by atoms with Crippen LogP contribution in [0.3, 0.4) is 0 Å². The monoisotopic (exact) mass is 432 g/mol. The Morgan fingerprint density at radius 3 is 2.57 bits per heavy atom. The number of amides is 1. The first kappa shape index (κ1) is 20.3. The molecule has 0 spiro atoms. The van der Waals surface area contributed by atoms with Crippen molar-refractivity contribution in [1.29, 1.82) is 0 Å². The van der Waals surface area contributed by atoms with Crippen molar-refractivity contribution in [3.05, 3.63) is 47.2 Å². The summed E-state index contributed by atoms with van der Waals surface area (Å²) in [5.74, 6) is -1.46. The van der Waals surface area contributed by atoms with Crippen LogP contribution in [0.5, 0.6) is 5.75 Å². The molecule has 0 bridgehead atoms. The molecule has 0 aliphatic carbocycles. The second-order valence-corrected chi connectivity index (χ2v) is 7.40. The van der Waals surface area contributed by atoms with E-state index in [2.05, 4.69) is 9.97 Å². The van der Waals surface area contributed by atoms with Crippen molar-refractivity contribution in [2.24, 2.45) is 0 Å². The average molecular weight is 433 g/mol. The van der Waals surface area contributed by atoms with Gasteiger partial charge < -0.3 is 14.9 Å². The number of fused-ring (bicyclic) bond motifs is 1. The van der Waals surface area contributed by atoms with Crippen LogP contribution in [0.15, 0.2) is 30.6 Å². The zero-order valence-electron chi connectivity index (χ0n) is 16.2. The molecular weight excluding hydrogens is 414 g/mol. The molecule has 0 atom stereocenters. The molecule has 0 radical (unpaired) electrons. The lowest BCUT2D eigenvalue weighted by atomic mass is 10.0. The first-order chi connectivity index (χ1) is 14.4. The molecule has 1 N–H and O–H groups in total. The molecule has 2 aromatic carbocycles. The van der Waals surface area contributed by atoms with Gasteiger partial charge in [-0.3, -0.25) is 4.79 Å². The third kappa shape index (κ3) is 3.41. The van der Waals surface area contributed by atoms with E-state index in [9.17, 15) is 14.3 Å². The molecule has 1 aromatic heterocycles. The third-order valence-electron chi connectivity index (χ3n) is 5.28. The lowest BCUT2D eigenvalue weighted by molar-refractivity contribution is -0.131. The Labute approximate surface area is 176 Å². The van der Waals surface area contributed by atoms with Crippen LogP contribution in [0.25, 0.3) is 22.0 Å². The minimum atomic E-state index is -0.832. The van der Waals surface area contributed by atoms with E-state index >= 15 is 4.39 Å². The van der Waals surface area contributed by atoms with Gasteiger partial charge in [-0.15, -0.1) is 0 Å². The molecular formula is C21H19ClF2N4O2. The van der Waals surface area contributed by atoms with Crippen LogP contribution in [0.4, 0.5) is 14.6 Å². The van der Waals surface area contributed by atoms with E-state index in [4.69, 9.17) is 11.6 Å². The number of nitrogens with zero attached hydrogens (tertiary/aromatic N) is 4. The number of aromatic hydroxyl groups is 1. The summed E-state index contributed by atoms with van der Waals surface area (Å²) >= 11 is 6.34. The SMILES string of the molecule is CCC(=O)N1CCN(c2ncnc3c(F)c(-c4c(O)cccc4F)c(Cl)cc23)CC1. The zero-order valence-corrected chi connectivity index (χ0v) is 17.0. The number of benzene rings is 2. The van der Waals surface area contributed by atoms with Crippen molar-refractivity contribution < 1.29 is 18.7 Å². The highest BCUT2D eigenvalue weighted by Gasteiger charge is 2.26. The lowest BCUT2D eigenvalue weighted by Crippen LogP contribution is -2.48. The highest BCUT2D eigenvalue weighted by molar-refractivity contribution is 6.34. The summed E-state index contributed by atoms with van der Waals surface area (Å²) < 4.78 is 29.8. The second-order valence-electron chi connectivity index (χ2n) is 7.00. The summed E-state index contributed by atoms with van der Waals surface area (Å²) in [6, 6.07) is 5.20. The number of rotatable bonds is 3. The zero-order chi connectivity index (χ0) is 21.4. The first-order valence-electron chi connectivity index (χ1n) is 9.55. The fourth-order valence-electron chi connectivity index (χ4n) is 3.75. The van der Waals surface area contributed by atoms with Crippen LogP contribution in [0, 0.1) is 11.6 Å². The van der Waals surface area contributed by atoms with Gasteiger partial charge in [-0.25, -0.2) is 18.7 Å². The van der Waals surface area contributed by atoms with Crippen molar-refractivity contribution in [1.82, 2.24) is 14.9 Å². The Morgan fingerprint density at radius 1 is 1.17 bits per heavy atom. The van der Waals surface area contributed by atoms with Crippen LogP contribution in [0.1, 0.15) is 13.3 Å². The molecule has 30 heavy (non-hydrogen) atoms. The molecule has 0 unspecified atom stereocenters.